The van der Waals surface area contributed by atoms with Crippen LogP contribution >= 0.6 is 0 Å². The Bertz CT molecular complexity index is 812. The molecule has 3 rings (SSSR count). The molecule has 0 radical (unpaired) electrons. The van der Waals surface area contributed by atoms with E-state index in [0.717, 1.165) is 17.9 Å². The van der Waals surface area contributed by atoms with E-state index in [4.69, 9.17) is 4.74 Å². The first-order chi connectivity index (χ1) is 14.1. The van der Waals surface area contributed by atoms with Crippen LogP contribution in [0.3, 0.4) is 0 Å². The first kappa shape index (κ1) is 21.4. The number of carbonyl (C=O) groups is 1. The second-order valence-corrected chi connectivity index (χ2v) is 8.11. The Labute approximate surface area is 175 Å². The maximum absolute atomic E-state index is 12.8. The van der Waals surface area contributed by atoms with Crippen LogP contribution in [-0.4, -0.2) is 30.0 Å². The molecule has 0 bridgehead atoms. The molecular weight excluding hydrogens is 360 g/mol. The van der Waals surface area contributed by atoms with Gasteiger partial charge in [0.2, 0.25) is 0 Å². The van der Waals surface area contributed by atoms with Crippen molar-refractivity contribution >= 4 is 5.91 Å². The Kier molecular flexibility index (Phi) is 7.70. The number of nitrogens with one attached hydrogen (secondary N) is 1. The molecule has 0 aliphatic carbocycles. The van der Waals surface area contributed by atoms with Gasteiger partial charge in [-0.25, -0.2) is 0 Å². The van der Waals surface area contributed by atoms with Gasteiger partial charge in [0, 0.05) is 13.1 Å². The molecule has 4 heteroatoms. The number of hydrogen-bond donors (Lipinski definition) is 1. The second kappa shape index (κ2) is 10.4. The number of likely N-dealkylation sites (tertiary alicyclic amines) is 1. The molecule has 2 aromatic carbocycles. The minimum Gasteiger partial charge on any atom is -0.480 e. The Hall–Kier alpha value is -2.33. The SMILES string of the molecule is CC[C@@H](Oc1ccc(C)cc1C)C(=O)NCc1ccccc1CN1CCCCC1. The molecule has 1 amide bonds. The van der Waals surface area contributed by atoms with Crippen LogP contribution in [0.2, 0.25) is 0 Å². The van der Waals surface area contributed by atoms with E-state index in [1.165, 1.54) is 49.0 Å². The zero-order chi connectivity index (χ0) is 20.6. The smallest absolute Gasteiger partial charge is 0.261 e. The third-order valence-corrected chi connectivity index (χ3v) is 5.68. The number of piperidine rings is 1. The standard InChI is InChI=1S/C25H34N2O2/c1-4-23(29-24-13-12-19(2)16-20(24)3)25(28)26-17-21-10-6-7-11-22(21)18-27-14-8-5-9-15-27/h6-7,10-13,16,23H,4-5,8-9,14-15,17-18H2,1-3H3,(H,26,28)/t23-/m1/s1. The number of benzene rings is 2. The molecule has 0 aromatic heterocycles. The van der Waals surface area contributed by atoms with Crippen molar-refractivity contribution in [1.29, 1.82) is 0 Å². The molecular formula is C25H34N2O2. The van der Waals surface area contributed by atoms with Crippen LogP contribution < -0.4 is 10.1 Å². The van der Waals surface area contributed by atoms with Gasteiger partial charge in [-0.15, -0.1) is 0 Å². The molecule has 29 heavy (non-hydrogen) atoms. The second-order valence-electron chi connectivity index (χ2n) is 8.11. The largest absolute Gasteiger partial charge is 0.480 e. The van der Waals surface area contributed by atoms with Gasteiger partial charge in [-0.1, -0.05) is 55.3 Å². The predicted molar refractivity (Wildman–Crippen MR) is 118 cm³/mol. The molecule has 1 saturated heterocycles. The monoisotopic (exact) mass is 394 g/mol. The molecule has 1 aliphatic heterocycles. The molecule has 4 nitrogen and oxygen atoms in total. The lowest BCUT2D eigenvalue weighted by atomic mass is 10.0. The summed E-state index contributed by atoms with van der Waals surface area (Å²) in [6.45, 7) is 9.90. The summed E-state index contributed by atoms with van der Waals surface area (Å²) >= 11 is 0. The predicted octanol–water partition coefficient (Wildman–Crippen LogP) is 4.76. The third-order valence-electron chi connectivity index (χ3n) is 5.68. The van der Waals surface area contributed by atoms with Crippen LogP contribution in [-0.2, 0) is 17.9 Å². The average molecular weight is 395 g/mol. The van der Waals surface area contributed by atoms with Crippen LogP contribution in [0.5, 0.6) is 5.75 Å². The normalized spacial score (nSPS) is 15.7. The van der Waals surface area contributed by atoms with Crippen LogP contribution in [0, 0.1) is 13.8 Å². The fraction of sp³-hybridized carbons (Fsp3) is 0.480. The lowest BCUT2D eigenvalue weighted by molar-refractivity contribution is -0.128. The number of ether oxygens (including phenoxy) is 1. The fourth-order valence-corrected chi connectivity index (χ4v) is 3.95. The number of nitrogens with zero attached hydrogens (tertiary/aromatic N) is 1. The zero-order valence-electron chi connectivity index (χ0n) is 18.0. The molecule has 1 heterocycles. The maximum Gasteiger partial charge on any atom is 0.261 e. The van der Waals surface area contributed by atoms with Crippen LogP contribution in [0.25, 0.3) is 0 Å². The zero-order valence-corrected chi connectivity index (χ0v) is 18.0. The molecule has 2 aromatic rings. The molecule has 1 fully saturated rings. The van der Waals surface area contributed by atoms with Crippen molar-refractivity contribution in [2.75, 3.05) is 13.1 Å². The van der Waals surface area contributed by atoms with E-state index in [1.54, 1.807) is 0 Å². The number of carbonyl (C=O) groups excluding carboxylic acids is 1. The van der Waals surface area contributed by atoms with Crippen LogP contribution in [0.1, 0.15) is 54.9 Å². The van der Waals surface area contributed by atoms with Crippen molar-refractivity contribution in [3.8, 4) is 5.75 Å². The van der Waals surface area contributed by atoms with E-state index >= 15 is 0 Å². The summed E-state index contributed by atoms with van der Waals surface area (Å²) < 4.78 is 6.03. The molecule has 0 spiro atoms. The van der Waals surface area contributed by atoms with Gasteiger partial charge < -0.3 is 10.1 Å². The number of amides is 1. The molecule has 0 unspecified atom stereocenters. The van der Waals surface area contributed by atoms with Crippen molar-refractivity contribution in [2.45, 2.75) is 65.6 Å². The number of aryl methyl sites for hydroxylation is 2. The first-order valence-corrected chi connectivity index (χ1v) is 10.9. The minimum atomic E-state index is -0.481. The van der Waals surface area contributed by atoms with Crippen LogP contribution in [0.15, 0.2) is 42.5 Å². The Morgan fingerprint density at radius 3 is 2.48 bits per heavy atom. The highest BCUT2D eigenvalue weighted by Gasteiger charge is 2.20. The Morgan fingerprint density at radius 2 is 1.79 bits per heavy atom. The first-order valence-electron chi connectivity index (χ1n) is 10.9. The van der Waals surface area contributed by atoms with E-state index in [-0.39, 0.29) is 5.91 Å². The van der Waals surface area contributed by atoms with Crippen LogP contribution in [0.4, 0.5) is 0 Å². The molecule has 156 valence electrons. The summed E-state index contributed by atoms with van der Waals surface area (Å²) in [5.41, 5.74) is 4.74. The summed E-state index contributed by atoms with van der Waals surface area (Å²) in [5, 5.41) is 3.10. The number of hydrogen-bond acceptors (Lipinski definition) is 3. The quantitative estimate of drug-likeness (QED) is 0.702. The lowest BCUT2D eigenvalue weighted by Gasteiger charge is -2.27. The summed E-state index contributed by atoms with van der Waals surface area (Å²) in [6, 6.07) is 14.5. The Balaban J connectivity index is 1.60. The molecule has 0 saturated carbocycles. The van der Waals surface area contributed by atoms with Crippen molar-refractivity contribution in [1.82, 2.24) is 10.2 Å². The van der Waals surface area contributed by atoms with Crippen molar-refractivity contribution in [2.24, 2.45) is 0 Å². The van der Waals surface area contributed by atoms with E-state index in [2.05, 4.69) is 41.4 Å². The van der Waals surface area contributed by atoms with Gasteiger partial charge in [0.1, 0.15) is 5.75 Å². The van der Waals surface area contributed by atoms with E-state index in [0.29, 0.717) is 13.0 Å². The molecule has 1 atom stereocenters. The summed E-state index contributed by atoms with van der Waals surface area (Å²) in [5.74, 6) is 0.725. The van der Waals surface area contributed by atoms with Gasteiger partial charge in [-0.05, 0) is 69.0 Å². The van der Waals surface area contributed by atoms with Gasteiger partial charge in [0.25, 0.3) is 5.91 Å². The fourth-order valence-electron chi connectivity index (χ4n) is 3.95. The topological polar surface area (TPSA) is 41.6 Å². The van der Waals surface area contributed by atoms with Gasteiger partial charge in [-0.2, -0.15) is 0 Å². The highest BCUT2D eigenvalue weighted by atomic mass is 16.5. The van der Waals surface area contributed by atoms with Crippen molar-refractivity contribution in [3.05, 3.63) is 64.7 Å². The maximum atomic E-state index is 12.8. The highest BCUT2D eigenvalue weighted by Crippen LogP contribution is 2.21. The van der Waals surface area contributed by atoms with E-state index in [9.17, 15) is 4.79 Å². The lowest BCUT2D eigenvalue weighted by Crippen LogP contribution is -2.38. The summed E-state index contributed by atoms with van der Waals surface area (Å²) in [6.07, 6.45) is 4.06. The minimum absolute atomic E-state index is 0.0553. The third kappa shape index (κ3) is 6.07. The Morgan fingerprint density at radius 1 is 1.07 bits per heavy atom. The molecule has 1 N–H and O–H groups in total. The van der Waals surface area contributed by atoms with E-state index in [1.807, 2.05) is 32.0 Å². The summed E-state index contributed by atoms with van der Waals surface area (Å²) in [4.78, 5) is 15.3. The molecule has 1 aliphatic rings. The average Bonchev–Trinajstić information content (AvgIpc) is 2.73. The van der Waals surface area contributed by atoms with E-state index < -0.39 is 6.10 Å². The van der Waals surface area contributed by atoms with Gasteiger partial charge >= 0.3 is 0 Å². The van der Waals surface area contributed by atoms with Crippen molar-refractivity contribution < 1.29 is 9.53 Å². The van der Waals surface area contributed by atoms with Crippen molar-refractivity contribution in [3.63, 3.8) is 0 Å². The number of rotatable bonds is 8. The summed E-state index contributed by atoms with van der Waals surface area (Å²) in [7, 11) is 0. The van der Waals surface area contributed by atoms with Gasteiger partial charge in [0.15, 0.2) is 6.10 Å². The van der Waals surface area contributed by atoms with Gasteiger partial charge in [-0.3, -0.25) is 9.69 Å². The van der Waals surface area contributed by atoms with Gasteiger partial charge in [0.05, 0.1) is 0 Å². The highest BCUT2D eigenvalue weighted by molar-refractivity contribution is 5.81.